The van der Waals surface area contributed by atoms with Crippen molar-refractivity contribution in [2.75, 3.05) is 19.6 Å². The maximum absolute atomic E-state index is 13.4. The average molecular weight is 444 g/mol. The van der Waals surface area contributed by atoms with Crippen molar-refractivity contribution >= 4 is 16.1 Å². The van der Waals surface area contributed by atoms with Crippen LogP contribution in [0.4, 0.5) is 0 Å². The fourth-order valence-electron chi connectivity index (χ4n) is 4.31. The number of carbonyl (C=O) groups excluding carboxylic acids is 1. The first-order valence-electron chi connectivity index (χ1n) is 10.9. The van der Waals surface area contributed by atoms with E-state index in [1.807, 2.05) is 30.3 Å². The van der Waals surface area contributed by atoms with Crippen LogP contribution in [0.3, 0.4) is 0 Å². The third-order valence-electron chi connectivity index (χ3n) is 5.94. The summed E-state index contributed by atoms with van der Waals surface area (Å²) >= 11 is 0. The monoisotopic (exact) mass is 443 g/mol. The highest BCUT2D eigenvalue weighted by atomic mass is 32.2. The van der Waals surface area contributed by atoms with Crippen LogP contribution in [0, 0.1) is 6.92 Å². The number of nitrogens with one attached hydrogen (secondary N) is 1. The molecule has 9 heteroatoms. The van der Waals surface area contributed by atoms with Gasteiger partial charge >= 0.3 is 0 Å². The Morgan fingerprint density at radius 1 is 1.10 bits per heavy atom. The van der Waals surface area contributed by atoms with Crippen LogP contribution >= 0.6 is 0 Å². The molecule has 2 aliphatic rings. The van der Waals surface area contributed by atoms with Crippen LogP contribution in [0.15, 0.2) is 36.5 Å². The van der Waals surface area contributed by atoms with Crippen molar-refractivity contribution in [1.82, 2.24) is 23.9 Å². The van der Waals surface area contributed by atoms with Gasteiger partial charge in [-0.3, -0.25) is 4.79 Å². The van der Waals surface area contributed by atoms with Crippen LogP contribution < -0.4 is 5.32 Å². The Morgan fingerprint density at radius 2 is 1.81 bits per heavy atom. The molecular weight excluding hydrogens is 414 g/mol. The molecule has 0 spiro atoms. The van der Waals surface area contributed by atoms with Crippen molar-refractivity contribution in [3.05, 3.63) is 59.2 Å². The summed E-state index contributed by atoms with van der Waals surface area (Å²) in [7, 11) is -3.60. The molecule has 2 saturated heterocycles. The van der Waals surface area contributed by atoms with E-state index in [9.17, 15) is 13.2 Å². The fraction of sp³-hybridized carbons (Fsp3) is 0.500. The molecule has 1 aromatic heterocycles. The summed E-state index contributed by atoms with van der Waals surface area (Å²) in [4.78, 5) is 21.8. The molecular formula is C22H29N5O3S. The van der Waals surface area contributed by atoms with Crippen LogP contribution in [0.5, 0.6) is 0 Å². The predicted octanol–water partition coefficient (Wildman–Crippen LogP) is 2.58. The Morgan fingerprint density at radius 3 is 2.55 bits per heavy atom. The minimum atomic E-state index is -3.60. The number of hydrogen-bond acceptors (Lipinski definition) is 5. The van der Waals surface area contributed by atoms with Crippen LogP contribution in [-0.4, -0.2) is 52.5 Å². The molecule has 4 rings (SSSR count). The van der Waals surface area contributed by atoms with Gasteiger partial charge in [-0.25, -0.2) is 9.97 Å². The molecule has 0 aliphatic carbocycles. The van der Waals surface area contributed by atoms with Crippen molar-refractivity contribution in [3.63, 3.8) is 0 Å². The zero-order valence-corrected chi connectivity index (χ0v) is 18.6. The zero-order chi connectivity index (χ0) is 21.8. The normalized spacial score (nSPS) is 20.6. The second-order valence-electron chi connectivity index (χ2n) is 8.12. The van der Waals surface area contributed by atoms with Crippen molar-refractivity contribution in [2.45, 2.75) is 51.6 Å². The number of hydrogen-bond donors (Lipinski definition) is 1. The van der Waals surface area contributed by atoms with Crippen LogP contribution in [0.2, 0.25) is 0 Å². The summed E-state index contributed by atoms with van der Waals surface area (Å²) in [5.41, 5.74) is 1.83. The number of nitrogens with zero attached hydrogens (tertiary/aromatic N) is 4. The number of carbonyl (C=O) groups is 1. The lowest BCUT2D eigenvalue weighted by molar-refractivity contribution is 0.0946. The molecule has 0 unspecified atom stereocenters. The summed E-state index contributed by atoms with van der Waals surface area (Å²) in [6.07, 6.45) is 5.64. The fourth-order valence-corrected chi connectivity index (χ4v) is 6.21. The molecule has 1 amide bonds. The predicted molar refractivity (Wildman–Crippen MR) is 117 cm³/mol. The van der Waals surface area contributed by atoms with Gasteiger partial charge in [-0.15, -0.1) is 0 Å². The van der Waals surface area contributed by atoms with Gasteiger partial charge in [-0.05, 0) is 38.2 Å². The molecule has 1 N–H and O–H groups in total. The third kappa shape index (κ3) is 4.78. The summed E-state index contributed by atoms with van der Waals surface area (Å²) in [6, 6.07) is 9.20. The van der Waals surface area contributed by atoms with Gasteiger partial charge in [0.05, 0.1) is 17.3 Å². The quantitative estimate of drug-likeness (QED) is 0.740. The molecule has 3 heterocycles. The van der Waals surface area contributed by atoms with Crippen molar-refractivity contribution in [3.8, 4) is 0 Å². The summed E-state index contributed by atoms with van der Waals surface area (Å²) in [5.74, 6) is 0.238. The van der Waals surface area contributed by atoms with E-state index >= 15 is 0 Å². The lowest BCUT2D eigenvalue weighted by atomic mass is 9.98. The molecule has 0 bridgehead atoms. The van der Waals surface area contributed by atoms with Gasteiger partial charge in [-0.2, -0.15) is 17.0 Å². The van der Waals surface area contributed by atoms with Crippen LogP contribution in [0.1, 0.15) is 65.6 Å². The highest BCUT2D eigenvalue weighted by Crippen LogP contribution is 2.35. The van der Waals surface area contributed by atoms with Crippen LogP contribution in [0.25, 0.3) is 0 Å². The van der Waals surface area contributed by atoms with E-state index in [4.69, 9.17) is 0 Å². The molecule has 2 aromatic rings. The Hall–Kier alpha value is -2.36. The van der Waals surface area contributed by atoms with Crippen molar-refractivity contribution in [1.29, 1.82) is 0 Å². The molecule has 31 heavy (non-hydrogen) atoms. The largest absolute Gasteiger partial charge is 0.348 e. The second kappa shape index (κ2) is 9.42. The standard InChI is InChI=1S/C22H29N5O3S/c1-17-23-16-19(22(28)24-15-18-9-3-2-4-10-18)21(25-17)20-11-5-6-14-27(20)31(29,30)26-12-7-8-13-26/h2-4,9-10,16,20H,5-8,11-15H2,1H3,(H,24,28)/t20-/m1/s1. The van der Waals surface area contributed by atoms with E-state index in [0.29, 0.717) is 49.7 Å². The number of aryl methyl sites for hydroxylation is 1. The Balaban J connectivity index is 1.62. The minimum Gasteiger partial charge on any atom is -0.348 e. The molecule has 1 aromatic carbocycles. The maximum Gasteiger partial charge on any atom is 0.282 e. The number of piperidine rings is 1. The molecule has 8 nitrogen and oxygen atoms in total. The lowest BCUT2D eigenvalue weighted by Crippen LogP contribution is -2.47. The van der Waals surface area contributed by atoms with Crippen LogP contribution in [-0.2, 0) is 16.8 Å². The maximum atomic E-state index is 13.4. The van der Waals surface area contributed by atoms with E-state index in [2.05, 4.69) is 15.3 Å². The van der Waals surface area contributed by atoms with Gasteiger partial charge in [0.25, 0.3) is 16.1 Å². The highest BCUT2D eigenvalue weighted by molar-refractivity contribution is 7.86. The Kier molecular flexibility index (Phi) is 6.64. The lowest BCUT2D eigenvalue weighted by Gasteiger charge is -2.37. The smallest absolute Gasteiger partial charge is 0.282 e. The third-order valence-corrected chi connectivity index (χ3v) is 7.98. The van der Waals surface area contributed by atoms with E-state index in [-0.39, 0.29) is 5.91 Å². The number of amides is 1. The van der Waals surface area contributed by atoms with Gasteiger partial charge in [0.15, 0.2) is 0 Å². The van der Waals surface area contributed by atoms with E-state index < -0.39 is 16.3 Å². The van der Waals surface area contributed by atoms with E-state index in [0.717, 1.165) is 31.2 Å². The van der Waals surface area contributed by atoms with Gasteiger partial charge in [0, 0.05) is 32.4 Å². The Labute approximate surface area is 183 Å². The molecule has 166 valence electrons. The minimum absolute atomic E-state index is 0.289. The summed E-state index contributed by atoms with van der Waals surface area (Å²) in [5, 5.41) is 2.93. The summed E-state index contributed by atoms with van der Waals surface area (Å²) < 4.78 is 29.8. The van der Waals surface area contributed by atoms with Gasteiger partial charge in [-0.1, -0.05) is 36.8 Å². The number of aromatic nitrogens is 2. The number of benzene rings is 1. The second-order valence-corrected chi connectivity index (χ2v) is 10.0. The van der Waals surface area contributed by atoms with Gasteiger partial charge in [0.1, 0.15) is 5.82 Å². The van der Waals surface area contributed by atoms with Crippen molar-refractivity contribution in [2.24, 2.45) is 0 Å². The topological polar surface area (TPSA) is 95.5 Å². The van der Waals surface area contributed by atoms with Gasteiger partial charge < -0.3 is 5.32 Å². The SMILES string of the molecule is Cc1ncc(C(=O)NCc2ccccc2)c([C@H]2CCCCN2S(=O)(=O)N2CCCC2)n1. The summed E-state index contributed by atoms with van der Waals surface area (Å²) in [6.45, 7) is 3.69. The van der Waals surface area contributed by atoms with Gasteiger partial charge in [0.2, 0.25) is 0 Å². The zero-order valence-electron chi connectivity index (χ0n) is 17.8. The molecule has 2 fully saturated rings. The van der Waals surface area contributed by atoms with E-state index in [1.165, 1.54) is 6.20 Å². The molecule has 0 saturated carbocycles. The van der Waals surface area contributed by atoms with Crippen molar-refractivity contribution < 1.29 is 13.2 Å². The number of rotatable bonds is 6. The Bertz CT molecular complexity index is 1020. The molecule has 2 aliphatic heterocycles. The first kappa shape index (κ1) is 21.9. The first-order chi connectivity index (χ1) is 15.0. The van der Waals surface area contributed by atoms with E-state index in [1.54, 1.807) is 15.5 Å². The highest BCUT2D eigenvalue weighted by Gasteiger charge is 2.40. The molecule has 1 atom stereocenters. The first-order valence-corrected chi connectivity index (χ1v) is 12.3. The average Bonchev–Trinajstić information content (AvgIpc) is 3.34. The molecule has 0 radical (unpaired) electrons.